The van der Waals surface area contributed by atoms with Crippen molar-refractivity contribution >= 4 is 5.95 Å². The minimum absolute atomic E-state index is 0.0299. The van der Waals surface area contributed by atoms with Gasteiger partial charge in [-0.2, -0.15) is 0 Å². The van der Waals surface area contributed by atoms with Crippen molar-refractivity contribution in [2.45, 2.75) is 53.5 Å². The monoisotopic (exact) mass is 223 g/mol. The smallest absolute Gasteiger partial charge is 0.200 e. The summed E-state index contributed by atoms with van der Waals surface area (Å²) in [6.07, 6.45) is 4.90. The molecule has 0 amide bonds. The van der Waals surface area contributed by atoms with Gasteiger partial charge in [-0.1, -0.05) is 27.7 Å². The van der Waals surface area contributed by atoms with E-state index in [2.05, 4.69) is 51.1 Å². The van der Waals surface area contributed by atoms with Crippen LogP contribution in [0.25, 0.3) is 0 Å². The normalized spacial score (nSPS) is 13.4. The SMILES string of the molecule is CC(C)CC(C)(C)C(C)(C)n1ccnc1N. The first-order valence-electron chi connectivity index (χ1n) is 5.98. The van der Waals surface area contributed by atoms with E-state index in [-0.39, 0.29) is 11.0 Å². The van der Waals surface area contributed by atoms with Gasteiger partial charge in [0.15, 0.2) is 0 Å². The summed E-state index contributed by atoms with van der Waals surface area (Å²) in [4.78, 5) is 4.12. The van der Waals surface area contributed by atoms with Crippen molar-refractivity contribution in [3.05, 3.63) is 12.4 Å². The second kappa shape index (κ2) is 4.11. The molecule has 0 aromatic carbocycles. The Bertz CT molecular complexity index is 348. The fourth-order valence-corrected chi connectivity index (χ4v) is 2.38. The molecular weight excluding hydrogens is 198 g/mol. The number of nitrogens with zero attached hydrogens (tertiary/aromatic N) is 2. The molecule has 92 valence electrons. The number of imidazole rings is 1. The van der Waals surface area contributed by atoms with Gasteiger partial charge in [-0.15, -0.1) is 0 Å². The first kappa shape index (κ1) is 13.1. The van der Waals surface area contributed by atoms with E-state index in [1.54, 1.807) is 6.20 Å². The highest BCUT2D eigenvalue weighted by Crippen LogP contribution is 2.42. The zero-order chi connectivity index (χ0) is 12.6. The molecular formula is C13H25N3. The Morgan fingerprint density at radius 2 is 1.88 bits per heavy atom. The molecule has 0 saturated carbocycles. The van der Waals surface area contributed by atoms with Gasteiger partial charge in [-0.05, 0) is 31.6 Å². The van der Waals surface area contributed by atoms with Crippen LogP contribution in [0.3, 0.4) is 0 Å². The van der Waals surface area contributed by atoms with Crippen molar-refractivity contribution < 1.29 is 0 Å². The van der Waals surface area contributed by atoms with Crippen molar-refractivity contribution in [3.8, 4) is 0 Å². The van der Waals surface area contributed by atoms with Gasteiger partial charge in [0.25, 0.3) is 0 Å². The van der Waals surface area contributed by atoms with E-state index in [1.165, 1.54) is 0 Å². The van der Waals surface area contributed by atoms with Crippen LogP contribution in [0, 0.1) is 11.3 Å². The summed E-state index contributed by atoms with van der Waals surface area (Å²) in [7, 11) is 0. The minimum Gasteiger partial charge on any atom is -0.369 e. The second-order valence-electron chi connectivity index (χ2n) is 6.20. The molecule has 3 nitrogen and oxygen atoms in total. The number of rotatable bonds is 4. The topological polar surface area (TPSA) is 43.8 Å². The molecule has 0 unspecified atom stereocenters. The number of nitrogen functional groups attached to an aromatic ring is 1. The number of anilines is 1. The average molecular weight is 223 g/mol. The average Bonchev–Trinajstić information content (AvgIpc) is 2.48. The summed E-state index contributed by atoms with van der Waals surface area (Å²) < 4.78 is 2.08. The maximum absolute atomic E-state index is 5.91. The number of hydrogen-bond donors (Lipinski definition) is 1. The fourth-order valence-electron chi connectivity index (χ4n) is 2.38. The van der Waals surface area contributed by atoms with Crippen LogP contribution in [-0.2, 0) is 5.54 Å². The van der Waals surface area contributed by atoms with Gasteiger partial charge in [0.05, 0.1) is 0 Å². The molecule has 0 aliphatic carbocycles. The van der Waals surface area contributed by atoms with Crippen molar-refractivity contribution in [1.29, 1.82) is 0 Å². The Balaban J connectivity index is 3.05. The van der Waals surface area contributed by atoms with Crippen molar-refractivity contribution in [3.63, 3.8) is 0 Å². The molecule has 1 heterocycles. The van der Waals surface area contributed by atoms with Gasteiger partial charge in [-0.3, -0.25) is 0 Å². The molecule has 16 heavy (non-hydrogen) atoms. The zero-order valence-electron chi connectivity index (χ0n) is 11.4. The molecule has 0 radical (unpaired) electrons. The molecule has 0 bridgehead atoms. The Labute approximate surface area is 99.1 Å². The van der Waals surface area contributed by atoms with E-state index in [0.717, 1.165) is 6.42 Å². The first-order valence-corrected chi connectivity index (χ1v) is 5.98. The fraction of sp³-hybridized carbons (Fsp3) is 0.769. The summed E-state index contributed by atoms with van der Waals surface area (Å²) in [5.74, 6) is 1.28. The van der Waals surface area contributed by atoms with Crippen LogP contribution < -0.4 is 5.73 Å². The molecule has 1 rings (SSSR count). The van der Waals surface area contributed by atoms with Crippen molar-refractivity contribution in [2.24, 2.45) is 11.3 Å². The molecule has 1 aromatic rings. The third kappa shape index (κ3) is 2.23. The van der Waals surface area contributed by atoms with Gasteiger partial charge in [0.1, 0.15) is 0 Å². The predicted octanol–water partition coefficient (Wildman–Crippen LogP) is 3.27. The van der Waals surface area contributed by atoms with Crippen LogP contribution in [0.2, 0.25) is 0 Å². The highest BCUT2D eigenvalue weighted by atomic mass is 15.2. The number of nitrogens with two attached hydrogens (primary N) is 1. The van der Waals surface area contributed by atoms with Gasteiger partial charge in [0, 0.05) is 17.9 Å². The van der Waals surface area contributed by atoms with Crippen LogP contribution in [-0.4, -0.2) is 9.55 Å². The third-order valence-corrected chi connectivity index (χ3v) is 3.85. The van der Waals surface area contributed by atoms with Crippen molar-refractivity contribution in [2.75, 3.05) is 5.73 Å². The Hall–Kier alpha value is -0.990. The van der Waals surface area contributed by atoms with Gasteiger partial charge in [0.2, 0.25) is 5.95 Å². The van der Waals surface area contributed by atoms with Gasteiger partial charge < -0.3 is 10.3 Å². The van der Waals surface area contributed by atoms with Gasteiger partial charge in [-0.25, -0.2) is 4.98 Å². The molecule has 3 heteroatoms. The highest BCUT2D eigenvalue weighted by molar-refractivity contribution is 5.20. The lowest BCUT2D eigenvalue weighted by atomic mass is 9.69. The second-order valence-corrected chi connectivity index (χ2v) is 6.20. The quantitative estimate of drug-likeness (QED) is 0.851. The predicted molar refractivity (Wildman–Crippen MR) is 69.2 cm³/mol. The summed E-state index contributed by atoms with van der Waals surface area (Å²) in [6.45, 7) is 13.6. The first-order chi connectivity index (χ1) is 7.18. The van der Waals surface area contributed by atoms with Crippen LogP contribution >= 0.6 is 0 Å². The van der Waals surface area contributed by atoms with E-state index < -0.39 is 0 Å². The maximum Gasteiger partial charge on any atom is 0.200 e. The number of hydrogen-bond acceptors (Lipinski definition) is 2. The standard InChI is InChI=1S/C13H25N3/c1-10(2)9-12(3,4)13(5,6)16-8-7-15-11(16)14/h7-8,10H,9H2,1-6H3,(H2,14,15). The molecule has 1 aromatic heterocycles. The van der Waals surface area contributed by atoms with Crippen LogP contribution in [0.1, 0.15) is 48.0 Å². The largest absolute Gasteiger partial charge is 0.369 e. The molecule has 0 atom stereocenters. The summed E-state index contributed by atoms with van der Waals surface area (Å²) in [5.41, 5.74) is 6.05. The lowest BCUT2D eigenvalue weighted by Gasteiger charge is -2.44. The van der Waals surface area contributed by atoms with E-state index in [0.29, 0.717) is 11.9 Å². The Kier molecular flexibility index (Phi) is 3.36. The third-order valence-electron chi connectivity index (χ3n) is 3.85. The lowest BCUT2D eigenvalue weighted by molar-refractivity contribution is 0.0937. The van der Waals surface area contributed by atoms with E-state index in [4.69, 9.17) is 5.73 Å². The minimum atomic E-state index is -0.0299. The summed E-state index contributed by atoms with van der Waals surface area (Å²) >= 11 is 0. The molecule has 0 saturated heterocycles. The van der Waals surface area contributed by atoms with E-state index >= 15 is 0 Å². The molecule has 0 aliphatic rings. The number of aromatic nitrogens is 2. The van der Waals surface area contributed by atoms with E-state index in [9.17, 15) is 0 Å². The Morgan fingerprint density at radius 3 is 2.25 bits per heavy atom. The highest BCUT2D eigenvalue weighted by Gasteiger charge is 2.39. The maximum atomic E-state index is 5.91. The van der Waals surface area contributed by atoms with Crippen molar-refractivity contribution in [1.82, 2.24) is 9.55 Å². The van der Waals surface area contributed by atoms with E-state index in [1.807, 2.05) is 6.20 Å². The summed E-state index contributed by atoms with van der Waals surface area (Å²) in [6, 6.07) is 0. The van der Waals surface area contributed by atoms with Gasteiger partial charge >= 0.3 is 0 Å². The Morgan fingerprint density at radius 1 is 1.31 bits per heavy atom. The molecule has 0 spiro atoms. The zero-order valence-corrected chi connectivity index (χ0v) is 11.4. The lowest BCUT2D eigenvalue weighted by Crippen LogP contribution is -2.43. The van der Waals surface area contributed by atoms with Crippen LogP contribution in [0.4, 0.5) is 5.95 Å². The molecule has 2 N–H and O–H groups in total. The van der Waals surface area contributed by atoms with Crippen LogP contribution in [0.15, 0.2) is 12.4 Å². The van der Waals surface area contributed by atoms with Crippen LogP contribution in [0.5, 0.6) is 0 Å². The summed E-state index contributed by atoms with van der Waals surface area (Å²) in [5, 5.41) is 0. The molecule has 0 fully saturated rings. The molecule has 0 aliphatic heterocycles.